The van der Waals surface area contributed by atoms with E-state index >= 15 is 0 Å². The van der Waals surface area contributed by atoms with Crippen LogP contribution in [-0.4, -0.2) is 15.9 Å². The third-order valence-electron chi connectivity index (χ3n) is 8.13. The molecule has 1 unspecified atom stereocenters. The molecular formula is C33H26ClN3O. The summed E-state index contributed by atoms with van der Waals surface area (Å²) in [6, 6.07) is 30.6. The summed E-state index contributed by atoms with van der Waals surface area (Å²) in [5.41, 5.74) is 8.19. The molecule has 186 valence electrons. The van der Waals surface area contributed by atoms with Gasteiger partial charge in [0.2, 0.25) is 5.91 Å². The molecule has 1 aliphatic heterocycles. The number of nitrogens with zero attached hydrogens (tertiary/aromatic N) is 1. The number of fused-ring (bicyclic) bond motifs is 3. The molecule has 4 nitrogen and oxygen atoms in total. The molecule has 0 saturated carbocycles. The van der Waals surface area contributed by atoms with Gasteiger partial charge in [-0.2, -0.15) is 0 Å². The summed E-state index contributed by atoms with van der Waals surface area (Å²) in [4.78, 5) is 23.9. The maximum Gasteiger partial charge on any atom is 0.247 e. The Balaban J connectivity index is 1.53. The number of aryl methyl sites for hydroxylation is 2. The van der Waals surface area contributed by atoms with Crippen LogP contribution in [0.15, 0.2) is 97.2 Å². The van der Waals surface area contributed by atoms with E-state index in [0.717, 1.165) is 50.1 Å². The van der Waals surface area contributed by atoms with Gasteiger partial charge < -0.3 is 14.9 Å². The largest absolute Gasteiger partial charge is 0.361 e. The highest BCUT2D eigenvalue weighted by molar-refractivity contribution is 6.30. The molecule has 0 fully saturated rings. The molecule has 6 aromatic rings. The zero-order valence-corrected chi connectivity index (χ0v) is 21.9. The minimum absolute atomic E-state index is 0.0304. The molecule has 0 bridgehead atoms. The number of hydrogen-bond donors (Lipinski definition) is 2. The molecule has 4 aromatic carbocycles. The highest BCUT2D eigenvalue weighted by Gasteiger charge is 2.54. The summed E-state index contributed by atoms with van der Waals surface area (Å²) in [5, 5.41) is 2.88. The molecule has 1 atom stereocenters. The molecule has 2 aromatic heterocycles. The number of H-pyrrole nitrogens is 2. The average molecular weight is 516 g/mol. The fourth-order valence-electron chi connectivity index (χ4n) is 6.21. The van der Waals surface area contributed by atoms with Gasteiger partial charge in [-0.05, 0) is 60.9 Å². The third-order valence-corrected chi connectivity index (χ3v) is 8.36. The smallest absolute Gasteiger partial charge is 0.247 e. The van der Waals surface area contributed by atoms with E-state index in [-0.39, 0.29) is 5.91 Å². The average Bonchev–Trinajstić information content (AvgIpc) is 3.55. The first kappa shape index (κ1) is 22.9. The Hall–Kier alpha value is -4.28. The molecule has 0 aliphatic carbocycles. The van der Waals surface area contributed by atoms with Crippen LogP contribution in [-0.2, 0) is 16.8 Å². The van der Waals surface area contributed by atoms with Crippen molar-refractivity contribution < 1.29 is 4.79 Å². The molecule has 3 heterocycles. The Kier molecular flexibility index (Phi) is 5.04. The Morgan fingerprint density at radius 3 is 2.50 bits per heavy atom. The lowest BCUT2D eigenvalue weighted by molar-refractivity contribution is -0.120. The zero-order chi connectivity index (χ0) is 26.0. The van der Waals surface area contributed by atoms with Gasteiger partial charge in [-0.25, -0.2) is 0 Å². The van der Waals surface area contributed by atoms with Gasteiger partial charge in [-0.3, -0.25) is 4.79 Å². The van der Waals surface area contributed by atoms with Gasteiger partial charge in [-0.15, -0.1) is 0 Å². The Morgan fingerprint density at radius 2 is 1.63 bits per heavy atom. The van der Waals surface area contributed by atoms with Crippen LogP contribution >= 0.6 is 11.6 Å². The van der Waals surface area contributed by atoms with Crippen LogP contribution in [0.2, 0.25) is 5.02 Å². The van der Waals surface area contributed by atoms with Crippen molar-refractivity contribution in [3.8, 4) is 0 Å². The summed E-state index contributed by atoms with van der Waals surface area (Å²) in [6.07, 6.45) is 2.01. The monoisotopic (exact) mass is 515 g/mol. The zero-order valence-electron chi connectivity index (χ0n) is 21.2. The second-order valence-corrected chi connectivity index (χ2v) is 10.6. The van der Waals surface area contributed by atoms with Gasteiger partial charge in [0.25, 0.3) is 0 Å². The second kappa shape index (κ2) is 8.37. The minimum atomic E-state index is -1.02. The number of nitrogens with one attached hydrogen (secondary N) is 2. The van der Waals surface area contributed by atoms with E-state index in [0.29, 0.717) is 11.6 Å². The number of carbonyl (C=O) groups excluding carboxylic acids is 1. The van der Waals surface area contributed by atoms with E-state index in [1.807, 2.05) is 59.6 Å². The molecule has 5 heteroatoms. The van der Waals surface area contributed by atoms with Crippen LogP contribution < -0.4 is 4.90 Å². The maximum absolute atomic E-state index is 15.0. The fourth-order valence-corrected chi connectivity index (χ4v) is 6.42. The number of rotatable bonds is 4. The lowest BCUT2D eigenvalue weighted by Crippen LogP contribution is -2.42. The van der Waals surface area contributed by atoms with E-state index in [1.54, 1.807) is 0 Å². The van der Waals surface area contributed by atoms with E-state index in [1.165, 1.54) is 10.9 Å². The fraction of sp³-hybridized carbons (Fsp3) is 0.121. The quantitative estimate of drug-likeness (QED) is 0.247. The molecule has 7 rings (SSSR count). The number of amides is 1. The SMILES string of the molecule is Cc1[nH]c2cc(C3(c4c[nH]c5ccccc45)C(=O)N(Cc4cccc(Cl)c4)c4ccccc43)ccc2c1C. The number of aromatic nitrogens is 2. The van der Waals surface area contributed by atoms with Crippen molar-refractivity contribution >= 4 is 45.0 Å². The van der Waals surface area contributed by atoms with Gasteiger partial charge >= 0.3 is 0 Å². The molecule has 1 aliphatic rings. The predicted octanol–water partition coefficient (Wildman–Crippen LogP) is 7.80. The summed E-state index contributed by atoms with van der Waals surface area (Å²) in [7, 11) is 0. The van der Waals surface area contributed by atoms with E-state index < -0.39 is 5.41 Å². The molecule has 0 radical (unpaired) electrons. The van der Waals surface area contributed by atoms with Gasteiger partial charge in [0.05, 0.1) is 6.54 Å². The van der Waals surface area contributed by atoms with Gasteiger partial charge in [0, 0.05) is 55.5 Å². The van der Waals surface area contributed by atoms with E-state index in [9.17, 15) is 4.79 Å². The van der Waals surface area contributed by atoms with Crippen molar-refractivity contribution in [1.82, 2.24) is 9.97 Å². The van der Waals surface area contributed by atoms with E-state index in [2.05, 4.69) is 66.3 Å². The van der Waals surface area contributed by atoms with Crippen LogP contribution in [0.3, 0.4) is 0 Å². The number of anilines is 1. The molecule has 2 N–H and O–H groups in total. The van der Waals surface area contributed by atoms with Crippen molar-refractivity contribution in [2.24, 2.45) is 0 Å². The van der Waals surface area contributed by atoms with Gasteiger partial charge in [0.15, 0.2) is 0 Å². The topological polar surface area (TPSA) is 51.9 Å². The van der Waals surface area contributed by atoms with Crippen molar-refractivity contribution in [2.75, 3.05) is 4.90 Å². The summed E-state index contributed by atoms with van der Waals surface area (Å²) in [6.45, 7) is 4.66. The van der Waals surface area contributed by atoms with Crippen molar-refractivity contribution in [2.45, 2.75) is 25.8 Å². The summed E-state index contributed by atoms with van der Waals surface area (Å²) in [5.74, 6) is 0.0304. The Labute approximate surface area is 225 Å². The molecular weight excluding hydrogens is 490 g/mol. The Morgan fingerprint density at radius 1 is 0.816 bits per heavy atom. The van der Waals surface area contributed by atoms with Crippen molar-refractivity contribution in [1.29, 1.82) is 0 Å². The van der Waals surface area contributed by atoms with Gasteiger partial charge in [0.1, 0.15) is 5.41 Å². The van der Waals surface area contributed by atoms with Crippen LogP contribution in [0, 0.1) is 13.8 Å². The maximum atomic E-state index is 15.0. The number of para-hydroxylation sites is 2. The standard InChI is InChI=1S/C33H26ClN3O/c1-20-21(2)36-30-17-23(14-15-25(20)30)33(28-18-35-29-12-5-3-10-26(28)29)27-11-4-6-13-31(27)37(32(33)38)19-22-8-7-9-24(34)16-22/h3-18,35-36H,19H2,1-2H3. The summed E-state index contributed by atoms with van der Waals surface area (Å²) >= 11 is 6.32. The molecule has 0 spiro atoms. The minimum Gasteiger partial charge on any atom is -0.361 e. The number of aromatic amines is 2. The third kappa shape index (κ3) is 3.13. The van der Waals surface area contributed by atoms with E-state index in [4.69, 9.17) is 11.6 Å². The first-order valence-corrected chi connectivity index (χ1v) is 13.2. The highest BCUT2D eigenvalue weighted by atomic mass is 35.5. The molecule has 0 saturated heterocycles. The number of hydrogen-bond acceptors (Lipinski definition) is 1. The van der Waals surface area contributed by atoms with Crippen LogP contribution in [0.1, 0.15) is 33.5 Å². The van der Waals surface area contributed by atoms with Crippen LogP contribution in [0.4, 0.5) is 5.69 Å². The lowest BCUT2D eigenvalue weighted by atomic mass is 9.70. The first-order chi connectivity index (χ1) is 18.5. The second-order valence-electron chi connectivity index (χ2n) is 10.2. The lowest BCUT2D eigenvalue weighted by Gasteiger charge is -2.30. The van der Waals surface area contributed by atoms with Crippen LogP contribution in [0.5, 0.6) is 0 Å². The van der Waals surface area contributed by atoms with Crippen LogP contribution in [0.25, 0.3) is 21.8 Å². The number of halogens is 1. The normalized spacial score (nSPS) is 17.0. The van der Waals surface area contributed by atoms with Crippen molar-refractivity contribution in [3.63, 3.8) is 0 Å². The number of benzene rings is 4. The number of carbonyl (C=O) groups is 1. The molecule has 1 amide bonds. The predicted molar refractivity (Wildman–Crippen MR) is 155 cm³/mol. The highest BCUT2D eigenvalue weighted by Crippen LogP contribution is 2.52. The molecule has 38 heavy (non-hydrogen) atoms. The van der Waals surface area contributed by atoms with Gasteiger partial charge in [-0.1, -0.05) is 72.3 Å². The summed E-state index contributed by atoms with van der Waals surface area (Å²) < 4.78 is 0. The van der Waals surface area contributed by atoms with Crippen molar-refractivity contribution in [3.05, 3.63) is 136 Å². The Bertz CT molecular complexity index is 1880. The first-order valence-electron chi connectivity index (χ1n) is 12.8.